The van der Waals surface area contributed by atoms with Crippen molar-refractivity contribution in [1.82, 2.24) is 0 Å². The maximum Gasteiger partial charge on any atom is 0.256 e. The lowest BCUT2D eigenvalue weighted by atomic mass is 9.30. The molecule has 528 valence electrons. The van der Waals surface area contributed by atoms with Gasteiger partial charge in [-0.05, 0) is 171 Å². The highest BCUT2D eigenvalue weighted by Crippen LogP contribution is 2.58. The molecule has 26 rings (SSSR count). The number of nitrogens with zero attached hydrogens (tertiary/aromatic N) is 5. The van der Waals surface area contributed by atoms with Gasteiger partial charge in [0.2, 0.25) is 0 Å². The smallest absolute Gasteiger partial charge is 0.256 e. The highest BCUT2D eigenvalue weighted by Gasteiger charge is 2.49. The first-order valence-electron chi connectivity index (χ1n) is 38.9. The first kappa shape index (κ1) is 63.2. The van der Waals surface area contributed by atoms with Crippen molar-refractivity contribution in [2.45, 2.75) is 0 Å². The quantitative estimate of drug-likeness (QED) is 0.148. The average Bonchev–Trinajstić information content (AvgIpc) is 0.743. The number of benzene rings is 17. The predicted octanol–water partition coefficient (Wildman–Crippen LogP) is 26.2. The molecule has 4 aromatic heterocycles. The van der Waals surface area contributed by atoms with E-state index in [-0.39, 0.29) is 13.4 Å². The Labute approximate surface area is 673 Å². The van der Waals surface area contributed by atoms with E-state index in [4.69, 9.17) is 4.74 Å². The van der Waals surface area contributed by atoms with Gasteiger partial charge < -0.3 is 29.2 Å². The van der Waals surface area contributed by atoms with Crippen molar-refractivity contribution in [3.63, 3.8) is 0 Å². The Morgan fingerprint density at radius 1 is 0.228 bits per heavy atom. The van der Waals surface area contributed by atoms with Crippen LogP contribution in [-0.4, -0.2) is 13.4 Å². The normalized spacial score (nSPS) is 13.4. The van der Waals surface area contributed by atoms with Crippen LogP contribution >= 0.6 is 45.3 Å². The van der Waals surface area contributed by atoms with Gasteiger partial charge in [0.1, 0.15) is 11.5 Å². The molecule has 9 heterocycles. The molecular formula is C102H59B2N5OS4. The lowest BCUT2D eigenvalue weighted by Gasteiger charge is -2.46. The minimum absolute atomic E-state index is 0.269. The molecule has 0 saturated heterocycles. The second-order valence-corrected chi connectivity index (χ2v) is 34.7. The summed E-state index contributed by atoms with van der Waals surface area (Å²) in [5.74, 6) is 1.64. The summed E-state index contributed by atoms with van der Waals surface area (Å²) < 4.78 is 18.2. The number of ether oxygens (including phenoxy) is 1. The Bertz CT molecular complexity index is 7710. The molecule has 0 bridgehead atoms. The van der Waals surface area contributed by atoms with Gasteiger partial charge in [-0.2, -0.15) is 0 Å². The minimum Gasteiger partial charge on any atom is -0.458 e. The summed E-state index contributed by atoms with van der Waals surface area (Å²) in [6.07, 6.45) is 0. The monoisotopic (exact) mass is 1520 g/mol. The summed E-state index contributed by atoms with van der Waals surface area (Å²) in [4.78, 5) is 13.0. The summed E-state index contributed by atoms with van der Waals surface area (Å²) in [5, 5.41) is 9.89. The van der Waals surface area contributed by atoms with Crippen molar-refractivity contribution in [3.8, 4) is 33.8 Å². The van der Waals surface area contributed by atoms with Crippen molar-refractivity contribution < 1.29 is 4.74 Å². The molecule has 0 fully saturated rings. The number of hydrogen-bond acceptors (Lipinski definition) is 10. The number of thiophene rings is 4. The van der Waals surface area contributed by atoms with E-state index >= 15 is 0 Å². The Hall–Kier alpha value is -13.5. The standard InChI is InChI=1S/C102H59B2N5OS4/c1-2-26-60(27-3-1)105(79-42-22-50-93-97(79)67-32-8-18-46-89(67)111-93)61-54-84-101-85(55-61)109(82-45-25-53-96-100(82)70-35-11-21-49-92(70)114-96)83-59-87-74(58-73(83)103(101)71-36-12-16-40-77(71)107(84)80-43-23-51-94-98(80)68-33-9-19-47-90(68)112-94)104-72-37-13-17-41-78(72)108(81-44-24-52-95-99(81)69-34-10-20-48-91(69)113-95)86-56-62(57-88(110-87)102(86)104)106-75-38-14-6-30-65(75)63-28-4-5-29-64(63)66-31-7-15-39-76(66)106/h1-59H. The van der Waals surface area contributed by atoms with Crippen LogP contribution in [-0.2, 0) is 0 Å². The zero-order valence-electron chi connectivity index (χ0n) is 61.0. The number of fused-ring (bicyclic) bond motifs is 25. The number of hydrogen-bond donors (Lipinski definition) is 0. The van der Waals surface area contributed by atoms with Gasteiger partial charge in [-0.3, -0.25) is 0 Å². The van der Waals surface area contributed by atoms with Gasteiger partial charge in [0.05, 0.1) is 45.5 Å². The molecule has 0 aliphatic carbocycles. The van der Waals surface area contributed by atoms with Crippen molar-refractivity contribution >= 4 is 258 Å². The molecule has 0 atom stereocenters. The third-order valence-electron chi connectivity index (χ3n) is 24.6. The summed E-state index contributed by atoms with van der Waals surface area (Å²) in [5.41, 5.74) is 28.3. The average molecular weight is 1520 g/mol. The molecule has 17 aromatic carbocycles. The van der Waals surface area contributed by atoms with Crippen LogP contribution in [0.2, 0.25) is 0 Å². The van der Waals surface area contributed by atoms with Crippen LogP contribution in [0, 0.1) is 0 Å². The molecule has 0 N–H and O–H groups in total. The van der Waals surface area contributed by atoms with Crippen molar-refractivity contribution in [2.75, 3.05) is 24.5 Å². The predicted molar refractivity (Wildman–Crippen MR) is 492 cm³/mol. The van der Waals surface area contributed by atoms with Crippen LogP contribution in [0.3, 0.4) is 0 Å². The molecule has 0 spiro atoms. The highest BCUT2D eigenvalue weighted by atomic mass is 32.1. The molecule has 0 amide bonds. The summed E-state index contributed by atoms with van der Waals surface area (Å²) >= 11 is 7.47. The number of anilines is 15. The zero-order valence-corrected chi connectivity index (χ0v) is 64.3. The minimum atomic E-state index is -0.270. The molecule has 5 aliphatic heterocycles. The molecular weight excluding hydrogens is 1460 g/mol. The van der Waals surface area contributed by atoms with E-state index in [1.54, 1.807) is 0 Å². The fraction of sp³-hybridized carbons (Fsp3) is 0. The molecule has 6 nitrogen and oxygen atoms in total. The van der Waals surface area contributed by atoms with Crippen LogP contribution in [0.15, 0.2) is 358 Å². The maximum absolute atomic E-state index is 8.22. The van der Waals surface area contributed by atoms with Gasteiger partial charge in [-0.25, -0.2) is 0 Å². The van der Waals surface area contributed by atoms with Crippen LogP contribution < -0.4 is 62.0 Å². The topological polar surface area (TPSA) is 25.4 Å². The molecule has 114 heavy (non-hydrogen) atoms. The lowest BCUT2D eigenvalue weighted by Crippen LogP contribution is -2.64. The lowest BCUT2D eigenvalue weighted by molar-refractivity contribution is 0.488. The second kappa shape index (κ2) is 24.0. The molecule has 0 radical (unpaired) electrons. The van der Waals surface area contributed by atoms with Gasteiger partial charge in [-0.1, -0.05) is 218 Å². The Kier molecular flexibility index (Phi) is 13.3. The molecule has 5 aliphatic rings. The Morgan fingerprint density at radius 3 is 1.13 bits per heavy atom. The van der Waals surface area contributed by atoms with Gasteiger partial charge in [-0.15, -0.1) is 45.3 Å². The first-order chi connectivity index (χ1) is 56.6. The van der Waals surface area contributed by atoms with Crippen LogP contribution in [0.25, 0.3) is 103 Å². The SMILES string of the molecule is c1ccc(N(c2cc3c4c(c2)N(c2cccc5sc6ccccc6c25)c2cc5c(cc2B4c2ccccc2N3c2cccc3sc4ccccc4c23)B2c3ccccc3N(c3cccc4sc6ccccc6c34)c3cc(N4c6ccccc6-c6ccccc6-c6ccccc64)cc(c32)O5)c2cccc3sc4ccccc4c23)cc1. The highest BCUT2D eigenvalue weighted by molar-refractivity contribution is 7.27. The van der Waals surface area contributed by atoms with E-state index in [1.165, 1.54) is 114 Å². The molecule has 21 aromatic rings. The number of rotatable bonds is 7. The van der Waals surface area contributed by atoms with E-state index < -0.39 is 0 Å². The Morgan fingerprint density at radius 2 is 0.614 bits per heavy atom. The van der Waals surface area contributed by atoms with Crippen LogP contribution in [0.5, 0.6) is 11.5 Å². The van der Waals surface area contributed by atoms with Gasteiger partial charge in [0, 0.05) is 144 Å². The summed E-state index contributed by atoms with van der Waals surface area (Å²) in [7, 11) is 0. The third kappa shape index (κ3) is 8.85. The van der Waals surface area contributed by atoms with Crippen molar-refractivity contribution in [3.05, 3.63) is 358 Å². The maximum atomic E-state index is 8.22. The van der Waals surface area contributed by atoms with E-state index in [2.05, 4.69) is 382 Å². The molecule has 12 heteroatoms. The van der Waals surface area contributed by atoms with Gasteiger partial charge in [0.25, 0.3) is 13.4 Å². The largest absolute Gasteiger partial charge is 0.458 e. The zero-order chi connectivity index (χ0) is 74.1. The third-order valence-corrected chi connectivity index (χ3v) is 29.1. The Balaban J connectivity index is 0.786. The molecule has 0 saturated carbocycles. The fourth-order valence-corrected chi connectivity index (χ4v) is 24.6. The van der Waals surface area contributed by atoms with Crippen LogP contribution in [0.4, 0.5) is 85.3 Å². The summed E-state index contributed by atoms with van der Waals surface area (Å²) in [6.45, 7) is -0.539. The van der Waals surface area contributed by atoms with E-state index in [9.17, 15) is 0 Å². The summed E-state index contributed by atoms with van der Waals surface area (Å²) in [6, 6.07) is 135. The van der Waals surface area contributed by atoms with Gasteiger partial charge >= 0.3 is 0 Å². The van der Waals surface area contributed by atoms with E-state index in [0.29, 0.717) is 0 Å². The first-order valence-corrected chi connectivity index (χ1v) is 42.2. The number of para-hydroxylation sites is 5. The van der Waals surface area contributed by atoms with Crippen molar-refractivity contribution in [1.29, 1.82) is 0 Å². The fourth-order valence-electron chi connectivity index (χ4n) is 20.1. The van der Waals surface area contributed by atoms with Crippen molar-refractivity contribution in [2.24, 2.45) is 0 Å². The van der Waals surface area contributed by atoms with E-state index in [1.807, 2.05) is 45.3 Å². The van der Waals surface area contributed by atoms with Crippen LogP contribution in [0.1, 0.15) is 0 Å². The molecule has 0 unspecified atom stereocenters. The van der Waals surface area contributed by atoms with Gasteiger partial charge in [0.15, 0.2) is 0 Å². The second-order valence-electron chi connectivity index (χ2n) is 30.4. The van der Waals surface area contributed by atoms with E-state index in [0.717, 1.165) is 119 Å².